The standard InChI is InChI=1S/C16H28O4/c1-3-5-7-8-9-10-11-14(16(18)19)13-15(17)20-12-6-4-2/h9-10,14H,3-8,11-13H2,1-2H3,(H,18,19). The molecule has 0 aromatic carbocycles. The molecule has 1 N–H and O–H groups in total. The highest BCUT2D eigenvalue weighted by Crippen LogP contribution is 2.12. The summed E-state index contributed by atoms with van der Waals surface area (Å²) in [4.78, 5) is 22.6. The Bertz CT molecular complexity index is 297. The molecule has 0 spiro atoms. The lowest BCUT2D eigenvalue weighted by Crippen LogP contribution is -2.19. The minimum absolute atomic E-state index is 0.0433. The lowest BCUT2D eigenvalue weighted by Gasteiger charge is -2.09. The molecule has 0 saturated carbocycles. The topological polar surface area (TPSA) is 63.6 Å². The zero-order valence-electron chi connectivity index (χ0n) is 12.8. The Labute approximate surface area is 122 Å². The normalized spacial score (nSPS) is 12.5. The van der Waals surface area contributed by atoms with Gasteiger partial charge in [-0.1, -0.05) is 45.3 Å². The molecule has 1 unspecified atom stereocenters. The third-order valence-corrected chi connectivity index (χ3v) is 3.08. The van der Waals surface area contributed by atoms with Gasteiger partial charge in [-0.25, -0.2) is 0 Å². The van der Waals surface area contributed by atoms with Crippen LogP contribution in [0.25, 0.3) is 0 Å². The highest BCUT2D eigenvalue weighted by atomic mass is 16.5. The summed E-state index contributed by atoms with van der Waals surface area (Å²) in [5, 5.41) is 9.09. The van der Waals surface area contributed by atoms with Crippen LogP contribution in [0, 0.1) is 5.92 Å². The highest BCUT2D eigenvalue weighted by Gasteiger charge is 2.20. The molecule has 116 valence electrons. The maximum Gasteiger partial charge on any atom is 0.307 e. The van der Waals surface area contributed by atoms with Crippen LogP contribution in [0.1, 0.15) is 65.2 Å². The fourth-order valence-corrected chi connectivity index (χ4v) is 1.75. The second kappa shape index (κ2) is 12.7. The largest absolute Gasteiger partial charge is 0.481 e. The molecule has 0 aliphatic carbocycles. The van der Waals surface area contributed by atoms with E-state index in [0.29, 0.717) is 13.0 Å². The van der Waals surface area contributed by atoms with E-state index in [-0.39, 0.29) is 6.42 Å². The molecule has 4 heteroatoms. The average molecular weight is 284 g/mol. The number of ether oxygens (including phenoxy) is 1. The molecule has 0 amide bonds. The van der Waals surface area contributed by atoms with Crippen LogP contribution in [-0.4, -0.2) is 23.7 Å². The Kier molecular flexibility index (Phi) is 11.9. The molecule has 0 aliphatic rings. The van der Waals surface area contributed by atoms with Crippen molar-refractivity contribution in [3.05, 3.63) is 12.2 Å². The summed E-state index contributed by atoms with van der Waals surface area (Å²) >= 11 is 0. The van der Waals surface area contributed by atoms with Crippen LogP contribution in [0.15, 0.2) is 12.2 Å². The van der Waals surface area contributed by atoms with E-state index in [0.717, 1.165) is 25.7 Å². The number of carboxylic acid groups (broad SMARTS) is 1. The molecule has 1 atom stereocenters. The van der Waals surface area contributed by atoms with E-state index in [1.165, 1.54) is 12.8 Å². The smallest absolute Gasteiger partial charge is 0.307 e. The molecule has 0 saturated heterocycles. The number of carbonyl (C=O) groups excluding carboxylic acids is 1. The third-order valence-electron chi connectivity index (χ3n) is 3.08. The van der Waals surface area contributed by atoms with Crippen molar-refractivity contribution >= 4 is 11.9 Å². The first kappa shape index (κ1) is 18.7. The van der Waals surface area contributed by atoms with Crippen molar-refractivity contribution in [2.75, 3.05) is 6.61 Å². The Hall–Kier alpha value is -1.32. The number of rotatable bonds is 12. The summed E-state index contributed by atoms with van der Waals surface area (Å²) in [6, 6.07) is 0. The number of hydrogen-bond acceptors (Lipinski definition) is 3. The monoisotopic (exact) mass is 284 g/mol. The van der Waals surface area contributed by atoms with E-state index in [9.17, 15) is 9.59 Å². The van der Waals surface area contributed by atoms with Crippen LogP contribution in [-0.2, 0) is 14.3 Å². The van der Waals surface area contributed by atoms with E-state index >= 15 is 0 Å². The molecule has 0 bridgehead atoms. The van der Waals surface area contributed by atoms with Crippen molar-refractivity contribution in [3.63, 3.8) is 0 Å². The predicted molar refractivity (Wildman–Crippen MR) is 79.5 cm³/mol. The Balaban J connectivity index is 3.97. The summed E-state index contributed by atoms with van der Waals surface area (Å²) in [6.07, 6.45) is 10.5. The number of allylic oxidation sites excluding steroid dienone is 2. The van der Waals surface area contributed by atoms with Gasteiger partial charge in [0.2, 0.25) is 0 Å². The molecule has 0 aromatic rings. The van der Waals surface area contributed by atoms with Crippen LogP contribution in [0.3, 0.4) is 0 Å². The molecule has 0 aliphatic heterocycles. The second-order valence-electron chi connectivity index (χ2n) is 5.02. The molecule has 0 rings (SSSR count). The molecule has 20 heavy (non-hydrogen) atoms. The summed E-state index contributed by atoms with van der Waals surface area (Å²) in [5.74, 6) is -2.02. The third kappa shape index (κ3) is 10.6. The molecule has 4 nitrogen and oxygen atoms in total. The van der Waals surface area contributed by atoms with Crippen molar-refractivity contribution in [1.29, 1.82) is 0 Å². The zero-order valence-corrected chi connectivity index (χ0v) is 12.8. The molecular weight excluding hydrogens is 256 g/mol. The second-order valence-corrected chi connectivity index (χ2v) is 5.02. The quantitative estimate of drug-likeness (QED) is 0.335. The minimum Gasteiger partial charge on any atom is -0.481 e. The van der Waals surface area contributed by atoms with Crippen LogP contribution >= 0.6 is 0 Å². The minimum atomic E-state index is -0.935. The Morgan fingerprint density at radius 1 is 1.10 bits per heavy atom. The fraction of sp³-hybridized carbons (Fsp3) is 0.750. The van der Waals surface area contributed by atoms with Gasteiger partial charge in [-0.15, -0.1) is 0 Å². The Morgan fingerprint density at radius 3 is 2.40 bits per heavy atom. The Morgan fingerprint density at radius 2 is 1.80 bits per heavy atom. The average Bonchev–Trinajstić information content (AvgIpc) is 2.41. The SMILES string of the molecule is CCCCCC=CCC(CC(=O)OCCCC)C(=O)O. The summed E-state index contributed by atoms with van der Waals surface area (Å²) in [7, 11) is 0. The molecule has 0 fully saturated rings. The van der Waals surface area contributed by atoms with Gasteiger partial charge in [0.25, 0.3) is 0 Å². The van der Waals surface area contributed by atoms with Crippen molar-refractivity contribution in [3.8, 4) is 0 Å². The molecule has 0 aromatic heterocycles. The van der Waals surface area contributed by atoms with Gasteiger partial charge < -0.3 is 9.84 Å². The van der Waals surface area contributed by atoms with E-state index < -0.39 is 17.9 Å². The van der Waals surface area contributed by atoms with E-state index in [1.807, 2.05) is 19.1 Å². The van der Waals surface area contributed by atoms with Crippen LogP contribution < -0.4 is 0 Å². The van der Waals surface area contributed by atoms with Gasteiger partial charge in [-0.2, -0.15) is 0 Å². The van der Waals surface area contributed by atoms with Gasteiger partial charge in [-0.3, -0.25) is 9.59 Å². The van der Waals surface area contributed by atoms with Gasteiger partial charge in [0.05, 0.1) is 18.9 Å². The van der Waals surface area contributed by atoms with Gasteiger partial charge >= 0.3 is 11.9 Å². The number of esters is 1. The van der Waals surface area contributed by atoms with Crippen LogP contribution in [0.5, 0.6) is 0 Å². The number of aliphatic carboxylic acids is 1. The number of carboxylic acids is 1. The first-order chi connectivity index (χ1) is 9.61. The van der Waals surface area contributed by atoms with Gasteiger partial charge in [0, 0.05) is 0 Å². The maximum atomic E-state index is 11.5. The lowest BCUT2D eigenvalue weighted by atomic mass is 10.0. The van der Waals surface area contributed by atoms with Crippen molar-refractivity contribution in [2.24, 2.45) is 5.92 Å². The van der Waals surface area contributed by atoms with Crippen LogP contribution in [0.2, 0.25) is 0 Å². The van der Waals surface area contributed by atoms with Gasteiger partial charge in [0.1, 0.15) is 0 Å². The molecule has 0 radical (unpaired) electrons. The van der Waals surface area contributed by atoms with E-state index in [2.05, 4.69) is 6.92 Å². The van der Waals surface area contributed by atoms with E-state index in [4.69, 9.17) is 9.84 Å². The van der Waals surface area contributed by atoms with Gasteiger partial charge in [-0.05, 0) is 25.7 Å². The predicted octanol–water partition coefficient (Wildman–Crippen LogP) is 3.95. The summed E-state index contributed by atoms with van der Waals surface area (Å²) in [6.45, 7) is 4.54. The van der Waals surface area contributed by atoms with Crippen molar-refractivity contribution in [2.45, 2.75) is 65.2 Å². The highest BCUT2D eigenvalue weighted by molar-refractivity contribution is 5.78. The van der Waals surface area contributed by atoms with Crippen LogP contribution in [0.4, 0.5) is 0 Å². The maximum absolute atomic E-state index is 11.5. The van der Waals surface area contributed by atoms with Gasteiger partial charge in [0.15, 0.2) is 0 Å². The molecular formula is C16H28O4. The number of hydrogen-bond donors (Lipinski definition) is 1. The fourth-order valence-electron chi connectivity index (χ4n) is 1.75. The first-order valence-corrected chi connectivity index (χ1v) is 7.65. The van der Waals surface area contributed by atoms with Crippen molar-refractivity contribution < 1.29 is 19.4 Å². The molecule has 0 heterocycles. The van der Waals surface area contributed by atoms with Crippen molar-refractivity contribution in [1.82, 2.24) is 0 Å². The summed E-state index contributed by atoms with van der Waals surface area (Å²) < 4.78 is 5.00. The summed E-state index contributed by atoms with van der Waals surface area (Å²) in [5.41, 5.74) is 0. The zero-order chi connectivity index (χ0) is 15.2. The lowest BCUT2D eigenvalue weighted by molar-refractivity contribution is -0.151. The number of unbranched alkanes of at least 4 members (excludes halogenated alkanes) is 4. The number of carbonyl (C=O) groups is 2. The van der Waals surface area contributed by atoms with E-state index in [1.54, 1.807) is 0 Å². The first-order valence-electron chi connectivity index (χ1n) is 7.65.